The van der Waals surface area contributed by atoms with Gasteiger partial charge in [-0.05, 0) is 60.6 Å². The number of methoxy groups -OCH3 is 1. The van der Waals surface area contributed by atoms with Gasteiger partial charge in [0, 0.05) is 12.8 Å². The van der Waals surface area contributed by atoms with Gasteiger partial charge in [-0.1, -0.05) is 38.1 Å². The van der Waals surface area contributed by atoms with Gasteiger partial charge in [0.2, 0.25) is 5.60 Å². The second kappa shape index (κ2) is 20.5. The maximum atomic E-state index is 13.8. The highest BCUT2D eigenvalue weighted by Crippen LogP contribution is 2.29. The maximum Gasteiger partial charge on any atom is 0.344 e. The van der Waals surface area contributed by atoms with E-state index in [-0.39, 0.29) is 50.6 Å². The van der Waals surface area contributed by atoms with Crippen LogP contribution in [0, 0.1) is 5.92 Å². The lowest BCUT2D eigenvalue weighted by molar-refractivity contribution is -0.221. The summed E-state index contributed by atoms with van der Waals surface area (Å²) in [5, 5.41) is 29.1. The first kappa shape index (κ1) is 40.3. The second-order valence-electron chi connectivity index (χ2n) is 11.4. The molecule has 2 aromatic rings. The summed E-state index contributed by atoms with van der Waals surface area (Å²) in [5.41, 5.74) is 3.34. The number of esters is 2. The molecule has 268 valence electrons. The lowest BCUT2D eigenvalue weighted by Gasteiger charge is -2.36. The molecule has 0 aromatic heterocycles. The van der Waals surface area contributed by atoms with E-state index in [9.17, 15) is 33.9 Å². The number of aliphatic hydroxyl groups excluding tert-OH is 1. The number of ether oxygens (including phenoxy) is 3. The number of carboxylic acids is 2. The van der Waals surface area contributed by atoms with Crippen molar-refractivity contribution in [1.82, 2.24) is 11.0 Å². The van der Waals surface area contributed by atoms with Gasteiger partial charge in [0.25, 0.3) is 0 Å². The highest BCUT2D eigenvalue weighted by molar-refractivity contribution is 5.89. The molecule has 0 fully saturated rings. The lowest BCUT2D eigenvalue weighted by Crippen LogP contribution is -2.60. The number of hydrogen-bond acceptors (Lipinski definition) is 14. The van der Waals surface area contributed by atoms with Crippen molar-refractivity contribution in [3.05, 3.63) is 59.7 Å². The molecular weight excluding hydrogens is 648 g/mol. The summed E-state index contributed by atoms with van der Waals surface area (Å²) in [7, 11) is 1.49. The van der Waals surface area contributed by atoms with Crippen molar-refractivity contribution < 1.29 is 68.0 Å². The van der Waals surface area contributed by atoms with Crippen LogP contribution in [0.5, 0.6) is 11.5 Å². The van der Waals surface area contributed by atoms with Crippen molar-refractivity contribution in [3.8, 4) is 11.5 Å². The molecular formula is C33H42N2O14. The third kappa shape index (κ3) is 13.6. The molecule has 0 bridgehead atoms. The van der Waals surface area contributed by atoms with Crippen LogP contribution in [-0.2, 0) is 56.3 Å². The Kier molecular flexibility index (Phi) is 16.8. The van der Waals surface area contributed by atoms with Crippen LogP contribution in [-0.4, -0.2) is 82.7 Å². The summed E-state index contributed by atoms with van der Waals surface area (Å²) in [4.78, 5) is 82.6. The van der Waals surface area contributed by atoms with Crippen molar-refractivity contribution in [3.63, 3.8) is 0 Å². The molecule has 0 aliphatic rings. The normalized spacial score (nSPS) is 14.1. The number of hydroxylamine groups is 2. The Balaban J connectivity index is 2.24. The van der Waals surface area contributed by atoms with E-state index >= 15 is 0 Å². The van der Waals surface area contributed by atoms with Crippen LogP contribution in [0.1, 0.15) is 57.1 Å². The van der Waals surface area contributed by atoms with Crippen LogP contribution in [0.4, 0.5) is 0 Å². The summed E-state index contributed by atoms with van der Waals surface area (Å²) in [6.07, 6.45) is -2.53. The molecule has 0 saturated carbocycles. The van der Waals surface area contributed by atoms with Crippen LogP contribution >= 0.6 is 0 Å². The zero-order chi connectivity index (χ0) is 36.4. The van der Waals surface area contributed by atoms with Crippen molar-refractivity contribution in [2.75, 3.05) is 7.11 Å². The largest absolute Gasteiger partial charge is 0.497 e. The average Bonchev–Trinajstić information content (AvgIpc) is 3.09. The standard InChI is InChI=1S/C33H42N2O14/c1-21(2)16-33(49-35-25(18-37)9-15-29(40)41,30(42)31(43)46-19-22-4-10-26(45-3)11-5-22)32(44)47-20-23-6-12-27(13-7-23)48-34-24(17-36)8-14-28(38)39/h4-7,10-13,17-18,21,24-25,30,34-35,42H,8-9,14-16,19-20H2,1-3H3,(H,38,39)(H,40,41)/t24-,25-,30?,33?/m1/s1. The molecule has 0 heterocycles. The summed E-state index contributed by atoms with van der Waals surface area (Å²) in [5.74, 6) is -4.21. The number of carbonyl (C=O) groups is 6. The Labute approximate surface area is 282 Å². The van der Waals surface area contributed by atoms with E-state index in [4.69, 9.17) is 34.1 Å². The number of benzene rings is 2. The molecule has 49 heavy (non-hydrogen) atoms. The van der Waals surface area contributed by atoms with Gasteiger partial charge in [-0.2, -0.15) is 5.48 Å². The van der Waals surface area contributed by atoms with Gasteiger partial charge in [0.15, 0.2) is 6.10 Å². The number of hydrogen-bond donors (Lipinski definition) is 5. The summed E-state index contributed by atoms with van der Waals surface area (Å²) >= 11 is 0. The molecule has 0 aliphatic carbocycles. The molecule has 2 unspecified atom stereocenters. The molecule has 5 N–H and O–H groups in total. The molecule has 0 saturated heterocycles. The minimum absolute atomic E-state index is 0.00987. The van der Waals surface area contributed by atoms with Crippen LogP contribution < -0.4 is 20.5 Å². The summed E-state index contributed by atoms with van der Waals surface area (Å²) in [6.45, 7) is 2.74. The van der Waals surface area contributed by atoms with Gasteiger partial charge in [0.05, 0.1) is 19.2 Å². The van der Waals surface area contributed by atoms with Gasteiger partial charge < -0.3 is 44.0 Å². The Morgan fingerprint density at radius 1 is 0.776 bits per heavy atom. The Hall–Kier alpha value is -4.90. The topological polar surface area (TPSA) is 233 Å². The molecule has 4 atom stereocenters. The molecule has 2 aromatic carbocycles. The van der Waals surface area contributed by atoms with Crippen LogP contribution in [0.3, 0.4) is 0 Å². The summed E-state index contributed by atoms with van der Waals surface area (Å²) in [6, 6.07) is 10.5. The Morgan fingerprint density at radius 2 is 1.27 bits per heavy atom. The zero-order valence-corrected chi connectivity index (χ0v) is 27.4. The third-order valence-electron chi connectivity index (χ3n) is 6.94. The number of carbonyl (C=O) groups excluding carboxylic acids is 4. The molecule has 16 heteroatoms. The highest BCUT2D eigenvalue weighted by atomic mass is 16.7. The van der Waals surface area contributed by atoms with E-state index in [1.165, 1.54) is 31.4 Å². The fourth-order valence-electron chi connectivity index (χ4n) is 4.31. The molecule has 16 nitrogen and oxygen atoms in total. The van der Waals surface area contributed by atoms with E-state index < -0.39 is 54.1 Å². The van der Waals surface area contributed by atoms with E-state index in [1.54, 1.807) is 38.1 Å². The first-order valence-electron chi connectivity index (χ1n) is 15.3. The van der Waals surface area contributed by atoms with Crippen LogP contribution in [0.2, 0.25) is 0 Å². The van der Waals surface area contributed by atoms with Crippen molar-refractivity contribution in [1.29, 1.82) is 0 Å². The van der Waals surface area contributed by atoms with E-state index in [1.807, 2.05) is 0 Å². The van der Waals surface area contributed by atoms with E-state index in [0.29, 0.717) is 29.4 Å². The Morgan fingerprint density at radius 3 is 1.73 bits per heavy atom. The number of aliphatic hydroxyl groups is 1. The smallest absolute Gasteiger partial charge is 0.344 e. The third-order valence-corrected chi connectivity index (χ3v) is 6.94. The molecule has 0 aliphatic heterocycles. The van der Waals surface area contributed by atoms with Gasteiger partial charge in [-0.3, -0.25) is 14.4 Å². The second-order valence-corrected chi connectivity index (χ2v) is 11.4. The predicted molar refractivity (Wildman–Crippen MR) is 169 cm³/mol. The monoisotopic (exact) mass is 690 g/mol. The zero-order valence-electron chi connectivity index (χ0n) is 27.4. The number of nitrogens with one attached hydrogen (secondary N) is 2. The fraction of sp³-hybridized carbons (Fsp3) is 0.455. The molecule has 0 amide bonds. The maximum absolute atomic E-state index is 13.8. The van der Waals surface area contributed by atoms with E-state index in [2.05, 4.69) is 11.0 Å². The number of aldehydes is 2. The molecule has 2 rings (SSSR count). The minimum atomic E-state index is -2.44. The first-order valence-corrected chi connectivity index (χ1v) is 15.3. The lowest BCUT2D eigenvalue weighted by atomic mass is 9.87. The van der Waals surface area contributed by atoms with Crippen LogP contribution in [0.15, 0.2) is 48.5 Å². The van der Waals surface area contributed by atoms with Gasteiger partial charge in [-0.25, -0.2) is 9.59 Å². The Bertz CT molecular complexity index is 1380. The quantitative estimate of drug-likeness (QED) is 0.0601. The van der Waals surface area contributed by atoms with Gasteiger partial charge >= 0.3 is 23.9 Å². The predicted octanol–water partition coefficient (Wildman–Crippen LogP) is 1.90. The van der Waals surface area contributed by atoms with Crippen molar-refractivity contribution in [2.24, 2.45) is 5.92 Å². The number of carboxylic acid groups (broad SMARTS) is 2. The number of rotatable bonds is 24. The van der Waals surface area contributed by atoms with Crippen molar-refractivity contribution in [2.45, 2.75) is 83.0 Å². The van der Waals surface area contributed by atoms with Crippen LogP contribution in [0.25, 0.3) is 0 Å². The van der Waals surface area contributed by atoms with E-state index in [0.717, 1.165) is 0 Å². The fourth-order valence-corrected chi connectivity index (χ4v) is 4.31. The number of aliphatic carboxylic acids is 2. The van der Waals surface area contributed by atoms with Crippen molar-refractivity contribution >= 4 is 36.4 Å². The minimum Gasteiger partial charge on any atom is -0.497 e. The average molecular weight is 691 g/mol. The van der Waals surface area contributed by atoms with Gasteiger partial charge in [-0.15, -0.1) is 5.48 Å². The molecule has 0 radical (unpaired) electrons. The first-order chi connectivity index (χ1) is 23.3. The van der Waals surface area contributed by atoms with Gasteiger partial charge in [0.1, 0.15) is 37.3 Å². The summed E-state index contributed by atoms with van der Waals surface area (Å²) < 4.78 is 15.9. The SMILES string of the molecule is COc1ccc(COC(=O)C(O)C(CC(C)C)(ON[C@@H](C=O)CCC(=O)O)C(=O)OCc2ccc(ON[C@@H](C=O)CCC(=O)O)cc2)cc1. The highest BCUT2D eigenvalue weighted by Gasteiger charge is 2.54. The molecule has 0 spiro atoms.